The van der Waals surface area contributed by atoms with Crippen LogP contribution in [0.3, 0.4) is 0 Å². The molecule has 1 aliphatic heterocycles. The number of ketones is 1. The molecule has 6 heteroatoms. The number of rotatable bonds is 5. The maximum atomic E-state index is 12.2. The highest BCUT2D eigenvalue weighted by Gasteiger charge is 2.19. The molecule has 0 saturated heterocycles. The van der Waals surface area contributed by atoms with Gasteiger partial charge in [0.2, 0.25) is 0 Å². The molecular weight excluding hydrogens is 362 g/mol. The Morgan fingerprint density at radius 2 is 1.89 bits per heavy atom. The van der Waals surface area contributed by atoms with Crippen LogP contribution < -0.4 is 14.2 Å². The molecule has 0 atom stereocenters. The van der Waals surface area contributed by atoms with Crippen LogP contribution in [0, 0.1) is 11.3 Å². The second-order valence-electron chi connectivity index (χ2n) is 5.86. The quantitative estimate of drug-likeness (QED) is 0.620. The summed E-state index contributed by atoms with van der Waals surface area (Å²) >= 11 is 1.30. The fourth-order valence-corrected chi connectivity index (χ4v) is 3.69. The fourth-order valence-electron chi connectivity index (χ4n) is 2.81. The van der Waals surface area contributed by atoms with Crippen molar-refractivity contribution in [2.45, 2.75) is 0 Å². The number of ether oxygens (including phenoxy) is 3. The molecule has 1 aliphatic rings. The van der Waals surface area contributed by atoms with Crippen LogP contribution in [0.1, 0.15) is 15.9 Å². The number of hydrogen-bond acceptors (Lipinski definition) is 6. The second kappa shape index (κ2) is 7.52. The summed E-state index contributed by atoms with van der Waals surface area (Å²) in [6.45, 7) is 0.919. The number of thiophene rings is 1. The normalized spacial score (nSPS) is 12.3. The minimum atomic E-state index is -0.131. The highest BCUT2D eigenvalue weighted by Crippen LogP contribution is 2.40. The number of nitriles is 1. The Hall–Kier alpha value is -3.30. The second-order valence-corrected chi connectivity index (χ2v) is 6.70. The Bertz CT molecular complexity index is 1020. The van der Waals surface area contributed by atoms with Crippen LogP contribution in [-0.2, 0) is 0 Å². The van der Waals surface area contributed by atoms with Gasteiger partial charge in [0.25, 0.3) is 0 Å². The largest absolute Gasteiger partial charge is 0.486 e. The first-order chi connectivity index (χ1) is 13.3. The molecule has 0 aliphatic carbocycles. The first-order valence-electron chi connectivity index (χ1n) is 8.39. The molecule has 2 heterocycles. The molecule has 2 aromatic carbocycles. The third-order valence-corrected chi connectivity index (χ3v) is 5.04. The molecule has 0 N–H and O–H groups in total. The van der Waals surface area contributed by atoms with Crippen molar-refractivity contribution in [1.82, 2.24) is 0 Å². The zero-order valence-corrected chi connectivity index (χ0v) is 15.1. The standard InChI is InChI=1S/C21H15NO4S/c22-11-16-17(15-6-7-19-20(10-15)25-9-8-24-19)13-27-21(16)26-12-18(23)14-4-2-1-3-5-14/h1-7,10,13H,8-9,12H2. The highest BCUT2D eigenvalue weighted by atomic mass is 32.1. The zero-order chi connectivity index (χ0) is 18.6. The van der Waals surface area contributed by atoms with E-state index in [9.17, 15) is 10.1 Å². The lowest BCUT2D eigenvalue weighted by atomic mass is 10.0. The van der Waals surface area contributed by atoms with Crippen LogP contribution >= 0.6 is 11.3 Å². The van der Waals surface area contributed by atoms with Crippen LogP contribution in [0.5, 0.6) is 16.6 Å². The summed E-state index contributed by atoms with van der Waals surface area (Å²) in [7, 11) is 0. The topological polar surface area (TPSA) is 68.6 Å². The SMILES string of the molecule is N#Cc1c(-c2ccc3c(c2)OCCO3)csc1OCC(=O)c1ccccc1. The van der Waals surface area contributed by atoms with E-state index in [0.717, 1.165) is 11.1 Å². The van der Waals surface area contributed by atoms with Gasteiger partial charge in [0, 0.05) is 16.5 Å². The molecule has 5 nitrogen and oxygen atoms in total. The van der Waals surface area contributed by atoms with Gasteiger partial charge in [0.05, 0.1) is 0 Å². The van der Waals surface area contributed by atoms with Gasteiger partial charge in [0.15, 0.2) is 29.0 Å². The molecule has 4 rings (SSSR count). The number of nitrogens with zero attached hydrogens (tertiary/aromatic N) is 1. The van der Waals surface area contributed by atoms with E-state index in [1.54, 1.807) is 24.3 Å². The Labute approximate surface area is 160 Å². The summed E-state index contributed by atoms with van der Waals surface area (Å²) in [4.78, 5) is 12.2. The molecular formula is C21H15NO4S. The summed E-state index contributed by atoms with van der Waals surface area (Å²) in [5.41, 5.74) is 2.59. The van der Waals surface area contributed by atoms with Crippen molar-refractivity contribution in [2.75, 3.05) is 19.8 Å². The van der Waals surface area contributed by atoms with Gasteiger partial charge in [-0.15, -0.1) is 11.3 Å². The third kappa shape index (κ3) is 3.50. The number of benzene rings is 2. The lowest BCUT2D eigenvalue weighted by Crippen LogP contribution is -2.15. The van der Waals surface area contributed by atoms with E-state index in [0.29, 0.717) is 40.9 Å². The third-order valence-electron chi connectivity index (χ3n) is 4.15. The van der Waals surface area contributed by atoms with Gasteiger partial charge in [-0.05, 0) is 17.7 Å². The van der Waals surface area contributed by atoms with Crippen LogP contribution in [0.25, 0.3) is 11.1 Å². The predicted octanol–water partition coefficient (Wildman–Crippen LogP) is 4.32. The van der Waals surface area contributed by atoms with Crippen molar-refractivity contribution in [3.8, 4) is 33.8 Å². The van der Waals surface area contributed by atoms with Crippen LogP contribution in [-0.4, -0.2) is 25.6 Å². The summed E-state index contributed by atoms with van der Waals surface area (Å²) < 4.78 is 16.8. The van der Waals surface area contributed by atoms with Crippen LogP contribution in [0.2, 0.25) is 0 Å². The van der Waals surface area contributed by atoms with E-state index in [1.165, 1.54) is 11.3 Å². The van der Waals surface area contributed by atoms with Gasteiger partial charge < -0.3 is 14.2 Å². The summed E-state index contributed by atoms with van der Waals surface area (Å²) in [6, 6.07) is 16.7. The molecule has 3 aromatic rings. The molecule has 1 aromatic heterocycles. The van der Waals surface area contributed by atoms with Gasteiger partial charge in [-0.25, -0.2) is 0 Å². The van der Waals surface area contributed by atoms with Gasteiger partial charge in [-0.1, -0.05) is 36.4 Å². The van der Waals surface area contributed by atoms with E-state index >= 15 is 0 Å². The number of Topliss-reactive ketones (excluding diaryl/α,β-unsaturated/α-hetero) is 1. The molecule has 0 radical (unpaired) electrons. The molecule has 134 valence electrons. The van der Waals surface area contributed by atoms with Crippen LogP contribution in [0.15, 0.2) is 53.9 Å². The van der Waals surface area contributed by atoms with Gasteiger partial charge in [-0.2, -0.15) is 5.26 Å². The number of carbonyl (C=O) groups excluding carboxylic acids is 1. The van der Waals surface area contributed by atoms with E-state index in [-0.39, 0.29) is 12.4 Å². The Morgan fingerprint density at radius 1 is 1.11 bits per heavy atom. The van der Waals surface area contributed by atoms with Crippen molar-refractivity contribution in [3.63, 3.8) is 0 Å². The number of carbonyl (C=O) groups is 1. The molecule has 0 spiro atoms. The summed E-state index contributed by atoms with van der Waals surface area (Å²) in [5, 5.41) is 11.9. The highest BCUT2D eigenvalue weighted by molar-refractivity contribution is 7.12. The minimum Gasteiger partial charge on any atom is -0.486 e. The first-order valence-corrected chi connectivity index (χ1v) is 9.27. The monoisotopic (exact) mass is 377 g/mol. The van der Waals surface area contributed by atoms with Gasteiger partial charge in [-0.3, -0.25) is 4.79 Å². The van der Waals surface area contributed by atoms with Crippen molar-refractivity contribution in [3.05, 3.63) is 65.0 Å². The Morgan fingerprint density at radius 3 is 2.67 bits per heavy atom. The van der Waals surface area contributed by atoms with E-state index in [2.05, 4.69) is 6.07 Å². The van der Waals surface area contributed by atoms with Gasteiger partial charge >= 0.3 is 0 Å². The molecule has 0 amide bonds. The molecule has 0 saturated carbocycles. The van der Waals surface area contributed by atoms with Crippen molar-refractivity contribution < 1.29 is 19.0 Å². The van der Waals surface area contributed by atoms with E-state index in [4.69, 9.17) is 14.2 Å². The molecule has 27 heavy (non-hydrogen) atoms. The lowest BCUT2D eigenvalue weighted by molar-refractivity contribution is 0.0924. The average molecular weight is 377 g/mol. The molecule has 0 fully saturated rings. The number of fused-ring (bicyclic) bond motifs is 1. The summed E-state index contributed by atoms with van der Waals surface area (Å²) in [5.74, 6) is 1.23. The fraction of sp³-hybridized carbons (Fsp3) is 0.143. The number of hydrogen-bond donors (Lipinski definition) is 0. The maximum absolute atomic E-state index is 12.2. The summed E-state index contributed by atoms with van der Waals surface area (Å²) in [6.07, 6.45) is 0. The zero-order valence-electron chi connectivity index (χ0n) is 14.3. The Kier molecular flexibility index (Phi) is 4.77. The van der Waals surface area contributed by atoms with Crippen molar-refractivity contribution in [1.29, 1.82) is 5.26 Å². The smallest absolute Gasteiger partial charge is 0.200 e. The lowest BCUT2D eigenvalue weighted by Gasteiger charge is -2.18. The molecule has 0 unspecified atom stereocenters. The Balaban J connectivity index is 1.56. The van der Waals surface area contributed by atoms with E-state index in [1.807, 2.05) is 29.6 Å². The van der Waals surface area contributed by atoms with E-state index < -0.39 is 0 Å². The maximum Gasteiger partial charge on any atom is 0.200 e. The van der Waals surface area contributed by atoms with Gasteiger partial charge in [0.1, 0.15) is 24.8 Å². The van der Waals surface area contributed by atoms with Crippen LogP contribution in [0.4, 0.5) is 0 Å². The minimum absolute atomic E-state index is 0.111. The predicted molar refractivity (Wildman–Crippen MR) is 102 cm³/mol. The average Bonchev–Trinajstić information content (AvgIpc) is 3.15. The molecule has 0 bridgehead atoms. The van der Waals surface area contributed by atoms with Crippen molar-refractivity contribution >= 4 is 17.1 Å². The van der Waals surface area contributed by atoms with Crippen molar-refractivity contribution in [2.24, 2.45) is 0 Å². The first kappa shape index (κ1) is 17.1.